The van der Waals surface area contributed by atoms with Crippen molar-refractivity contribution in [2.45, 2.75) is 26.8 Å². The first-order valence-electron chi connectivity index (χ1n) is 9.21. The van der Waals surface area contributed by atoms with Crippen LogP contribution in [0.1, 0.15) is 33.4 Å². The van der Waals surface area contributed by atoms with Gasteiger partial charge in [-0.3, -0.25) is 4.79 Å². The van der Waals surface area contributed by atoms with Gasteiger partial charge in [-0.25, -0.2) is 14.2 Å². The van der Waals surface area contributed by atoms with E-state index in [0.29, 0.717) is 10.6 Å². The highest BCUT2D eigenvalue weighted by atomic mass is 32.1. The number of halogens is 1. The number of benzene rings is 2. The van der Waals surface area contributed by atoms with E-state index in [1.807, 2.05) is 24.3 Å². The zero-order chi connectivity index (χ0) is 20.8. The summed E-state index contributed by atoms with van der Waals surface area (Å²) in [7, 11) is 0. The minimum Gasteiger partial charge on any atom is -0.451 e. The van der Waals surface area contributed by atoms with Crippen molar-refractivity contribution in [1.82, 2.24) is 10.3 Å². The molecule has 0 aliphatic rings. The molecule has 1 heterocycles. The van der Waals surface area contributed by atoms with E-state index in [0.717, 1.165) is 22.6 Å². The van der Waals surface area contributed by atoms with Gasteiger partial charge < -0.3 is 10.1 Å². The van der Waals surface area contributed by atoms with Gasteiger partial charge in [-0.05, 0) is 36.6 Å². The van der Waals surface area contributed by atoms with Crippen molar-refractivity contribution < 1.29 is 18.7 Å². The van der Waals surface area contributed by atoms with Crippen LogP contribution in [-0.4, -0.2) is 23.5 Å². The van der Waals surface area contributed by atoms with E-state index in [9.17, 15) is 14.0 Å². The summed E-state index contributed by atoms with van der Waals surface area (Å²) in [5.41, 5.74) is 3.49. The minimum atomic E-state index is -0.576. The SMILES string of the molecule is CCc1ccc(-c2nc(C)c(C(=O)OCC(=O)NCc3ccc(F)cc3)s2)cc1. The van der Waals surface area contributed by atoms with E-state index >= 15 is 0 Å². The maximum atomic E-state index is 12.9. The van der Waals surface area contributed by atoms with E-state index in [1.165, 1.54) is 29.0 Å². The van der Waals surface area contributed by atoms with E-state index < -0.39 is 18.5 Å². The number of amides is 1. The number of thiazole rings is 1. The Kier molecular flexibility index (Phi) is 6.72. The average Bonchev–Trinajstić information content (AvgIpc) is 3.13. The molecule has 1 amide bonds. The number of nitrogens with zero attached hydrogens (tertiary/aromatic N) is 1. The standard InChI is InChI=1S/C22H21FN2O3S/c1-3-15-4-8-17(9-5-15)21-25-14(2)20(29-21)22(27)28-13-19(26)24-12-16-6-10-18(23)11-7-16/h4-11H,3,12-13H2,1-2H3,(H,24,26). The Morgan fingerprint density at radius 2 is 1.72 bits per heavy atom. The van der Waals surface area contributed by atoms with Gasteiger partial charge >= 0.3 is 5.97 Å². The second-order valence-corrected chi connectivity index (χ2v) is 7.46. The lowest BCUT2D eigenvalue weighted by molar-refractivity contribution is -0.124. The lowest BCUT2D eigenvalue weighted by Gasteiger charge is -2.06. The zero-order valence-corrected chi connectivity index (χ0v) is 17.0. The maximum absolute atomic E-state index is 12.9. The summed E-state index contributed by atoms with van der Waals surface area (Å²) in [6.45, 7) is 3.67. The lowest BCUT2D eigenvalue weighted by Crippen LogP contribution is -2.28. The van der Waals surface area contributed by atoms with E-state index in [2.05, 4.69) is 17.2 Å². The molecule has 0 bridgehead atoms. The normalized spacial score (nSPS) is 10.6. The molecule has 2 aromatic carbocycles. The van der Waals surface area contributed by atoms with Gasteiger partial charge in [0.05, 0.1) is 5.69 Å². The molecule has 0 radical (unpaired) electrons. The smallest absolute Gasteiger partial charge is 0.350 e. The second kappa shape index (κ2) is 9.43. The van der Waals surface area contributed by atoms with Gasteiger partial charge in [-0.15, -0.1) is 11.3 Å². The molecule has 0 saturated carbocycles. The van der Waals surface area contributed by atoms with Crippen molar-refractivity contribution in [3.63, 3.8) is 0 Å². The number of rotatable bonds is 7. The van der Waals surface area contributed by atoms with Crippen LogP contribution in [0.3, 0.4) is 0 Å². The van der Waals surface area contributed by atoms with Gasteiger partial charge in [0.15, 0.2) is 6.61 Å². The molecule has 0 saturated heterocycles. The van der Waals surface area contributed by atoms with E-state index in [4.69, 9.17) is 4.74 Å². The number of aromatic nitrogens is 1. The largest absolute Gasteiger partial charge is 0.451 e. The number of ether oxygens (including phenoxy) is 1. The van der Waals surface area contributed by atoms with Crippen LogP contribution in [0.5, 0.6) is 0 Å². The van der Waals surface area contributed by atoms with Crippen LogP contribution in [0, 0.1) is 12.7 Å². The average molecular weight is 412 g/mol. The Hall–Kier alpha value is -3.06. The number of aryl methyl sites for hydroxylation is 2. The molecule has 150 valence electrons. The first-order valence-corrected chi connectivity index (χ1v) is 10.0. The molecular formula is C22H21FN2O3S. The molecule has 1 aromatic heterocycles. The molecule has 7 heteroatoms. The van der Waals surface area contributed by atoms with Crippen molar-refractivity contribution >= 4 is 23.2 Å². The summed E-state index contributed by atoms with van der Waals surface area (Å²) in [4.78, 5) is 29.1. The molecule has 0 atom stereocenters. The van der Waals surface area contributed by atoms with Crippen LogP contribution < -0.4 is 5.32 Å². The molecule has 3 rings (SSSR count). The summed E-state index contributed by atoms with van der Waals surface area (Å²) in [5, 5.41) is 3.36. The number of carbonyl (C=O) groups excluding carboxylic acids is 2. The number of nitrogens with one attached hydrogen (secondary N) is 1. The van der Waals surface area contributed by atoms with Crippen molar-refractivity contribution in [2.75, 3.05) is 6.61 Å². The lowest BCUT2D eigenvalue weighted by atomic mass is 10.1. The Balaban J connectivity index is 1.55. The molecular weight excluding hydrogens is 391 g/mol. The minimum absolute atomic E-state index is 0.230. The highest BCUT2D eigenvalue weighted by molar-refractivity contribution is 7.17. The van der Waals surface area contributed by atoms with Crippen LogP contribution in [0.25, 0.3) is 10.6 Å². The molecule has 0 aliphatic heterocycles. The molecule has 0 fully saturated rings. The Morgan fingerprint density at radius 3 is 2.38 bits per heavy atom. The van der Waals surface area contributed by atoms with Crippen LogP contribution in [-0.2, 0) is 22.5 Å². The predicted molar refractivity (Wildman–Crippen MR) is 110 cm³/mol. The quantitative estimate of drug-likeness (QED) is 0.588. The van der Waals surface area contributed by atoms with Gasteiger partial charge in [-0.1, -0.05) is 43.3 Å². The van der Waals surface area contributed by atoms with Gasteiger partial charge in [0.25, 0.3) is 5.91 Å². The third-order valence-electron chi connectivity index (χ3n) is 4.33. The predicted octanol–water partition coefficient (Wildman–Crippen LogP) is 4.29. The fourth-order valence-corrected chi connectivity index (χ4v) is 3.61. The molecule has 29 heavy (non-hydrogen) atoms. The third kappa shape index (κ3) is 5.48. The number of hydrogen-bond acceptors (Lipinski definition) is 5. The van der Waals surface area contributed by atoms with Gasteiger partial charge in [0, 0.05) is 12.1 Å². The zero-order valence-electron chi connectivity index (χ0n) is 16.2. The van der Waals surface area contributed by atoms with Crippen LogP contribution in [0.15, 0.2) is 48.5 Å². The molecule has 0 unspecified atom stereocenters. The van der Waals surface area contributed by atoms with Gasteiger partial charge in [0.2, 0.25) is 0 Å². The van der Waals surface area contributed by atoms with Gasteiger partial charge in [0.1, 0.15) is 15.7 Å². The van der Waals surface area contributed by atoms with Crippen molar-refractivity contribution in [3.05, 3.63) is 76.0 Å². The first kappa shape index (κ1) is 20.7. The third-order valence-corrected chi connectivity index (χ3v) is 5.51. The number of esters is 1. The molecule has 5 nitrogen and oxygen atoms in total. The fraction of sp³-hybridized carbons (Fsp3) is 0.227. The molecule has 3 aromatic rings. The molecule has 0 aliphatic carbocycles. The molecule has 0 spiro atoms. The monoisotopic (exact) mass is 412 g/mol. The summed E-state index contributed by atoms with van der Waals surface area (Å²) in [6, 6.07) is 13.8. The van der Waals surface area contributed by atoms with Crippen LogP contribution >= 0.6 is 11.3 Å². The van der Waals surface area contributed by atoms with Crippen molar-refractivity contribution in [3.8, 4) is 10.6 Å². The van der Waals surface area contributed by atoms with E-state index in [1.54, 1.807) is 19.1 Å². The Bertz CT molecular complexity index is 998. The Labute approximate surface area is 172 Å². The van der Waals surface area contributed by atoms with Crippen molar-refractivity contribution in [2.24, 2.45) is 0 Å². The van der Waals surface area contributed by atoms with Gasteiger partial charge in [-0.2, -0.15) is 0 Å². The maximum Gasteiger partial charge on any atom is 0.350 e. The Morgan fingerprint density at radius 1 is 1.07 bits per heavy atom. The summed E-state index contributed by atoms with van der Waals surface area (Å²) in [6.07, 6.45) is 0.956. The highest BCUT2D eigenvalue weighted by Gasteiger charge is 2.18. The number of carbonyl (C=O) groups is 2. The van der Waals surface area contributed by atoms with Crippen LogP contribution in [0.4, 0.5) is 4.39 Å². The first-order chi connectivity index (χ1) is 14.0. The topological polar surface area (TPSA) is 68.3 Å². The summed E-state index contributed by atoms with van der Waals surface area (Å²) in [5.74, 6) is -1.34. The highest BCUT2D eigenvalue weighted by Crippen LogP contribution is 2.28. The van der Waals surface area contributed by atoms with Crippen LogP contribution in [0.2, 0.25) is 0 Å². The summed E-state index contributed by atoms with van der Waals surface area (Å²) < 4.78 is 18.0. The fourth-order valence-electron chi connectivity index (χ4n) is 2.64. The van der Waals surface area contributed by atoms with Crippen molar-refractivity contribution in [1.29, 1.82) is 0 Å². The van der Waals surface area contributed by atoms with E-state index in [-0.39, 0.29) is 12.4 Å². The molecule has 1 N–H and O–H groups in total. The second-order valence-electron chi connectivity index (χ2n) is 6.46. The summed E-state index contributed by atoms with van der Waals surface area (Å²) >= 11 is 1.24. The number of hydrogen-bond donors (Lipinski definition) is 1.